The summed E-state index contributed by atoms with van der Waals surface area (Å²) in [6.45, 7) is 2.63. The average molecular weight is 410 g/mol. The molecule has 1 saturated heterocycles. The number of carbonyl (C=O) groups is 2. The number of amides is 2. The van der Waals surface area contributed by atoms with Crippen LogP contribution in [0.5, 0.6) is 11.6 Å². The number of anilines is 1. The molecule has 8 nitrogen and oxygen atoms in total. The first kappa shape index (κ1) is 19.6. The van der Waals surface area contributed by atoms with Gasteiger partial charge >= 0.3 is 0 Å². The topological polar surface area (TPSA) is 95.8 Å². The summed E-state index contributed by atoms with van der Waals surface area (Å²) in [5.74, 6) is -0.395. The maximum absolute atomic E-state index is 14.6. The van der Waals surface area contributed by atoms with Crippen molar-refractivity contribution in [3.8, 4) is 17.7 Å². The van der Waals surface area contributed by atoms with Crippen LogP contribution < -0.4 is 14.4 Å². The van der Waals surface area contributed by atoms with Gasteiger partial charge in [-0.3, -0.25) is 9.59 Å². The number of rotatable bonds is 6. The van der Waals surface area contributed by atoms with Crippen molar-refractivity contribution in [1.29, 1.82) is 5.26 Å². The molecule has 0 N–H and O–H groups in total. The van der Waals surface area contributed by atoms with Gasteiger partial charge in [-0.1, -0.05) is 0 Å². The van der Waals surface area contributed by atoms with Crippen LogP contribution in [0.1, 0.15) is 29.3 Å². The maximum atomic E-state index is 14.6. The molecular weight excluding hydrogens is 391 g/mol. The number of halogens is 1. The number of fused-ring (bicyclic) bond motifs is 1. The number of nitriles is 1. The van der Waals surface area contributed by atoms with Gasteiger partial charge in [0.15, 0.2) is 6.10 Å². The molecule has 4 rings (SSSR count). The number of benzene rings is 1. The van der Waals surface area contributed by atoms with E-state index in [1.807, 2.05) is 13.0 Å². The SMILES string of the molecule is CCOc1ccc(O[C@@H]2CCN(c3cc(F)c4c(c3)C(=O)N(CC#N)C4)C2=O)cn1. The Labute approximate surface area is 172 Å². The van der Waals surface area contributed by atoms with Crippen molar-refractivity contribution < 1.29 is 23.5 Å². The molecule has 3 heterocycles. The summed E-state index contributed by atoms with van der Waals surface area (Å²) < 4.78 is 25.6. The predicted octanol–water partition coefficient (Wildman–Crippen LogP) is 2.28. The van der Waals surface area contributed by atoms with Crippen LogP contribution in [0.15, 0.2) is 30.5 Å². The van der Waals surface area contributed by atoms with Crippen LogP contribution in [0.25, 0.3) is 0 Å². The fourth-order valence-electron chi connectivity index (χ4n) is 3.63. The molecule has 154 valence electrons. The van der Waals surface area contributed by atoms with Crippen molar-refractivity contribution in [3.05, 3.63) is 47.4 Å². The molecule has 0 radical (unpaired) electrons. The fourth-order valence-corrected chi connectivity index (χ4v) is 3.63. The molecule has 0 unspecified atom stereocenters. The monoisotopic (exact) mass is 410 g/mol. The van der Waals surface area contributed by atoms with Crippen molar-refractivity contribution in [2.24, 2.45) is 0 Å². The third-order valence-corrected chi connectivity index (χ3v) is 5.06. The van der Waals surface area contributed by atoms with Crippen LogP contribution in [0.2, 0.25) is 0 Å². The number of aromatic nitrogens is 1. The van der Waals surface area contributed by atoms with Gasteiger partial charge in [0, 0.05) is 35.8 Å². The van der Waals surface area contributed by atoms with Gasteiger partial charge in [-0.2, -0.15) is 5.26 Å². The zero-order valence-corrected chi connectivity index (χ0v) is 16.3. The van der Waals surface area contributed by atoms with E-state index in [2.05, 4.69) is 4.98 Å². The van der Waals surface area contributed by atoms with E-state index in [1.54, 1.807) is 12.1 Å². The Morgan fingerprint density at radius 2 is 2.17 bits per heavy atom. The number of carbonyl (C=O) groups excluding carboxylic acids is 2. The Hall–Kier alpha value is -3.67. The van der Waals surface area contributed by atoms with Crippen LogP contribution in [0.3, 0.4) is 0 Å². The fraction of sp³-hybridized carbons (Fsp3) is 0.333. The molecule has 2 aromatic rings. The van der Waals surface area contributed by atoms with Gasteiger partial charge in [0.2, 0.25) is 5.88 Å². The van der Waals surface area contributed by atoms with Crippen molar-refractivity contribution in [2.75, 3.05) is 24.6 Å². The van der Waals surface area contributed by atoms with Crippen molar-refractivity contribution in [2.45, 2.75) is 26.0 Å². The number of nitrogens with zero attached hydrogens (tertiary/aromatic N) is 4. The van der Waals surface area contributed by atoms with E-state index < -0.39 is 17.8 Å². The molecular formula is C21H19FN4O4. The second-order valence-corrected chi connectivity index (χ2v) is 6.92. The van der Waals surface area contributed by atoms with Gasteiger partial charge in [-0.25, -0.2) is 9.37 Å². The minimum absolute atomic E-state index is 0.0538. The van der Waals surface area contributed by atoms with Gasteiger partial charge in [-0.05, 0) is 25.1 Å². The minimum atomic E-state index is -0.730. The lowest BCUT2D eigenvalue weighted by atomic mass is 10.1. The summed E-state index contributed by atoms with van der Waals surface area (Å²) in [4.78, 5) is 32.1. The molecule has 2 aliphatic heterocycles. The van der Waals surface area contributed by atoms with E-state index in [4.69, 9.17) is 14.7 Å². The first-order chi connectivity index (χ1) is 14.5. The second kappa shape index (κ2) is 7.99. The Balaban J connectivity index is 1.50. The van der Waals surface area contributed by atoms with E-state index >= 15 is 0 Å². The summed E-state index contributed by atoms with van der Waals surface area (Å²) in [7, 11) is 0. The zero-order chi connectivity index (χ0) is 21.3. The van der Waals surface area contributed by atoms with Crippen LogP contribution >= 0.6 is 0 Å². The minimum Gasteiger partial charge on any atom is -0.479 e. The molecule has 30 heavy (non-hydrogen) atoms. The first-order valence-electron chi connectivity index (χ1n) is 9.57. The van der Waals surface area contributed by atoms with Gasteiger partial charge in [-0.15, -0.1) is 0 Å². The standard InChI is InChI=1S/C21H19FN4O4/c1-2-29-19-4-3-14(11-24-19)30-18-5-7-26(21(18)28)13-9-15-16(17(22)10-13)12-25(8-6-23)20(15)27/h3-4,9-11,18H,2,5,7-8,12H2,1H3/t18-/m1/s1. The van der Waals surface area contributed by atoms with Gasteiger partial charge < -0.3 is 19.3 Å². The highest BCUT2D eigenvalue weighted by Crippen LogP contribution is 2.32. The number of ether oxygens (including phenoxy) is 2. The molecule has 2 amide bonds. The van der Waals surface area contributed by atoms with Crippen LogP contribution in [0.4, 0.5) is 10.1 Å². The van der Waals surface area contributed by atoms with Crippen LogP contribution in [0, 0.1) is 17.1 Å². The third-order valence-electron chi connectivity index (χ3n) is 5.06. The van der Waals surface area contributed by atoms with Gasteiger partial charge in [0.25, 0.3) is 11.8 Å². The lowest BCUT2D eigenvalue weighted by Crippen LogP contribution is -2.32. The summed E-state index contributed by atoms with van der Waals surface area (Å²) >= 11 is 0. The van der Waals surface area contributed by atoms with Gasteiger partial charge in [0.05, 0.1) is 25.4 Å². The molecule has 1 fully saturated rings. The van der Waals surface area contributed by atoms with Crippen LogP contribution in [-0.4, -0.2) is 47.5 Å². The maximum Gasteiger partial charge on any atom is 0.268 e. The highest BCUT2D eigenvalue weighted by Gasteiger charge is 2.37. The largest absolute Gasteiger partial charge is 0.479 e. The summed E-state index contributed by atoms with van der Waals surface area (Å²) in [6.07, 6.45) is 1.17. The Bertz CT molecular complexity index is 1030. The lowest BCUT2D eigenvalue weighted by molar-refractivity contribution is -0.122. The summed E-state index contributed by atoms with van der Waals surface area (Å²) in [5.41, 5.74) is 0.742. The van der Waals surface area contributed by atoms with E-state index in [9.17, 15) is 14.0 Å². The number of hydrogen-bond donors (Lipinski definition) is 0. The summed E-state index contributed by atoms with van der Waals surface area (Å²) in [6, 6.07) is 7.99. The highest BCUT2D eigenvalue weighted by molar-refractivity contribution is 6.03. The highest BCUT2D eigenvalue weighted by atomic mass is 19.1. The molecule has 1 aromatic heterocycles. The lowest BCUT2D eigenvalue weighted by Gasteiger charge is -2.18. The Morgan fingerprint density at radius 3 is 2.87 bits per heavy atom. The molecule has 0 bridgehead atoms. The molecule has 1 atom stereocenters. The smallest absolute Gasteiger partial charge is 0.268 e. The van der Waals surface area contributed by atoms with Crippen molar-refractivity contribution in [1.82, 2.24) is 9.88 Å². The number of pyridine rings is 1. The first-order valence-corrected chi connectivity index (χ1v) is 9.57. The normalized spacial score (nSPS) is 17.8. The molecule has 0 spiro atoms. The van der Waals surface area contributed by atoms with E-state index in [1.165, 1.54) is 28.1 Å². The third kappa shape index (κ3) is 3.52. The molecule has 2 aliphatic rings. The van der Waals surface area contributed by atoms with E-state index in [0.717, 1.165) is 0 Å². The van der Waals surface area contributed by atoms with E-state index in [-0.39, 0.29) is 30.1 Å². The second-order valence-electron chi connectivity index (χ2n) is 6.92. The van der Waals surface area contributed by atoms with Gasteiger partial charge in [0.1, 0.15) is 18.1 Å². The Kier molecular flexibility index (Phi) is 5.23. The molecule has 0 aliphatic carbocycles. The quantitative estimate of drug-likeness (QED) is 0.678. The average Bonchev–Trinajstić information content (AvgIpc) is 3.25. The predicted molar refractivity (Wildman–Crippen MR) is 104 cm³/mol. The zero-order valence-electron chi connectivity index (χ0n) is 16.3. The van der Waals surface area contributed by atoms with Crippen LogP contribution in [-0.2, 0) is 11.3 Å². The summed E-state index contributed by atoms with van der Waals surface area (Å²) in [5, 5.41) is 8.83. The molecule has 9 heteroatoms. The van der Waals surface area contributed by atoms with Crippen molar-refractivity contribution >= 4 is 17.5 Å². The van der Waals surface area contributed by atoms with Crippen molar-refractivity contribution in [3.63, 3.8) is 0 Å². The molecule has 1 aromatic carbocycles. The Morgan fingerprint density at radius 1 is 1.33 bits per heavy atom. The van der Waals surface area contributed by atoms with E-state index in [0.29, 0.717) is 36.9 Å². The number of hydrogen-bond acceptors (Lipinski definition) is 6. The molecule has 0 saturated carbocycles.